The van der Waals surface area contributed by atoms with E-state index in [1.807, 2.05) is 24.3 Å². The molecule has 2 heterocycles. The molecule has 11 heteroatoms. The lowest BCUT2D eigenvalue weighted by molar-refractivity contribution is -0.126. The van der Waals surface area contributed by atoms with Crippen LogP contribution in [-0.4, -0.2) is 76.7 Å². The molecule has 2 aromatic carbocycles. The number of carbonyl (C=O) groups is 2. The number of methoxy groups -OCH3 is 1. The maximum Gasteiger partial charge on any atom is 0.227 e. The van der Waals surface area contributed by atoms with Gasteiger partial charge in [-0.3, -0.25) is 9.59 Å². The van der Waals surface area contributed by atoms with Crippen LogP contribution in [0, 0.1) is 11.7 Å². The molecule has 1 N–H and O–H groups in total. The van der Waals surface area contributed by atoms with Gasteiger partial charge in [-0.1, -0.05) is 0 Å². The number of amides is 2. The molecule has 2 aliphatic heterocycles. The molecule has 2 amide bonds. The van der Waals surface area contributed by atoms with Crippen LogP contribution in [0.4, 0.5) is 15.8 Å². The number of sulfonamides is 1. The highest BCUT2D eigenvalue weighted by molar-refractivity contribution is 7.89. The van der Waals surface area contributed by atoms with Gasteiger partial charge >= 0.3 is 0 Å². The van der Waals surface area contributed by atoms with E-state index in [1.165, 1.54) is 33.5 Å². The Bertz CT molecular complexity index is 1150. The van der Waals surface area contributed by atoms with E-state index < -0.39 is 21.8 Å². The topological polar surface area (TPSA) is 99.3 Å². The molecule has 35 heavy (non-hydrogen) atoms. The lowest BCUT2D eigenvalue weighted by Crippen LogP contribution is -2.50. The maximum atomic E-state index is 13.1. The Hall–Kier alpha value is -3.18. The first kappa shape index (κ1) is 24.9. The zero-order valence-corrected chi connectivity index (χ0v) is 20.3. The van der Waals surface area contributed by atoms with Gasteiger partial charge in [-0.15, -0.1) is 0 Å². The molecule has 1 atom stereocenters. The van der Waals surface area contributed by atoms with Crippen LogP contribution in [0.1, 0.15) is 6.42 Å². The van der Waals surface area contributed by atoms with E-state index in [9.17, 15) is 22.4 Å². The number of rotatable bonds is 8. The highest BCUT2D eigenvalue weighted by Gasteiger charge is 2.35. The molecule has 4 rings (SSSR count). The fraction of sp³-hybridized carbons (Fsp3) is 0.417. The number of ether oxygens (including phenoxy) is 1. The van der Waals surface area contributed by atoms with E-state index in [4.69, 9.17) is 4.74 Å². The molecular weight excluding hydrogens is 475 g/mol. The number of carbonyl (C=O) groups excluding carboxylic acids is 2. The molecule has 0 saturated carbocycles. The van der Waals surface area contributed by atoms with E-state index in [0.717, 1.165) is 11.4 Å². The lowest BCUT2D eigenvalue weighted by atomic mass is 10.1. The second kappa shape index (κ2) is 10.6. The highest BCUT2D eigenvalue weighted by atomic mass is 32.2. The van der Waals surface area contributed by atoms with Gasteiger partial charge in [-0.2, -0.15) is 4.31 Å². The fourth-order valence-corrected chi connectivity index (χ4v) is 5.69. The molecule has 9 nitrogen and oxygen atoms in total. The molecule has 0 spiro atoms. The third-order valence-electron chi connectivity index (χ3n) is 6.36. The predicted molar refractivity (Wildman–Crippen MR) is 130 cm³/mol. The summed E-state index contributed by atoms with van der Waals surface area (Å²) in [7, 11) is -1.92. The fourth-order valence-electron chi connectivity index (χ4n) is 4.35. The number of piperazine rings is 1. The summed E-state index contributed by atoms with van der Waals surface area (Å²) in [6.07, 6.45) is 0.0310. The van der Waals surface area contributed by atoms with E-state index in [0.29, 0.717) is 31.9 Å². The van der Waals surface area contributed by atoms with Gasteiger partial charge in [0.05, 0.1) is 18.8 Å². The molecule has 2 aliphatic rings. The number of hydrogen-bond acceptors (Lipinski definition) is 6. The Morgan fingerprint density at radius 2 is 1.66 bits per heavy atom. The number of nitrogens with zero attached hydrogens (tertiary/aromatic N) is 3. The summed E-state index contributed by atoms with van der Waals surface area (Å²) < 4.78 is 45.3. The molecule has 2 aromatic rings. The number of hydrogen-bond donors (Lipinski definition) is 1. The molecule has 0 aromatic heterocycles. The Balaban J connectivity index is 1.23. The van der Waals surface area contributed by atoms with E-state index >= 15 is 0 Å². The van der Waals surface area contributed by atoms with Crippen LogP contribution < -0.4 is 19.9 Å². The van der Waals surface area contributed by atoms with Gasteiger partial charge in [0.2, 0.25) is 21.8 Å². The first-order valence-corrected chi connectivity index (χ1v) is 13.1. The molecule has 2 fully saturated rings. The van der Waals surface area contributed by atoms with Crippen LogP contribution in [0.3, 0.4) is 0 Å². The molecule has 0 aliphatic carbocycles. The zero-order valence-electron chi connectivity index (χ0n) is 19.5. The Morgan fingerprint density at radius 1 is 1.03 bits per heavy atom. The first-order chi connectivity index (χ1) is 16.8. The Labute approximate surface area is 204 Å². The van der Waals surface area contributed by atoms with Gasteiger partial charge in [-0.05, 0) is 48.5 Å². The second-order valence-electron chi connectivity index (χ2n) is 8.57. The average Bonchev–Trinajstić information content (AvgIpc) is 3.26. The highest BCUT2D eigenvalue weighted by Crippen LogP contribution is 2.25. The van der Waals surface area contributed by atoms with Crippen molar-refractivity contribution in [2.24, 2.45) is 5.92 Å². The average molecular weight is 505 g/mol. The first-order valence-electron chi connectivity index (χ1n) is 11.5. The summed E-state index contributed by atoms with van der Waals surface area (Å²) in [6.45, 7) is 2.03. The summed E-state index contributed by atoms with van der Waals surface area (Å²) in [5.74, 6) is -1.01. The van der Waals surface area contributed by atoms with Crippen molar-refractivity contribution in [2.75, 3.05) is 61.9 Å². The van der Waals surface area contributed by atoms with E-state index in [-0.39, 0.29) is 37.1 Å². The molecule has 2 saturated heterocycles. The van der Waals surface area contributed by atoms with Gasteiger partial charge in [0, 0.05) is 57.1 Å². The molecule has 0 bridgehead atoms. The largest absolute Gasteiger partial charge is 0.497 e. The quantitative estimate of drug-likeness (QED) is 0.585. The standard InChI is InChI=1S/C24H29FN4O5S/c1-34-22-8-6-20(7-9-22)27-11-13-28(14-12-27)35(32,33)15-10-26-24(31)18-16-23(30)29(17-18)21-4-2-19(25)3-5-21/h2-9,18H,10-17H2,1H3,(H,26,31). The minimum Gasteiger partial charge on any atom is -0.497 e. The normalized spacial score (nSPS) is 19.1. The van der Waals surface area contributed by atoms with Crippen molar-refractivity contribution >= 4 is 33.2 Å². The Morgan fingerprint density at radius 3 is 2.29 bits per heavy atom. The SMILES string of the molecule is COc1ccc(N2CCN(S(=O)(=O)CCNC(=O)C3CC(=O)N(c4ccc(F)cc4)C3)CC2)cc1. The number of anilines is 2. The minimum atomic E-state index is -3.53. The van der Waals surface area contributed by atoms with Crippen molar-refractivity contribution < 1.29 is 27.1 Å². The van der Waals surface area contributed by atoms with Crippen LogP contribution in [0.15, 0.2) is 48.5 Å². The number of nitrogens with one attached hydrogen (secondary N) is 1. The van der Waals surface area contributed by atoms with Gasteiger partial charge in [0.25, 0.3) is 0 Å². The third-order valence-corrected chi connectivity index (χ3v) is 8.23. The summed E-state index contributed by atoms with van der Waals surface area (Å²) in [6, 6.07) is 13.2. The molecular formula is C24H29FN4O5S. The third kappa shape index (κ3) is 5.91. The monoisotopic (exact) mass is 504 g/mol. The molecule has 188 valence electrons. The van der Waals surface area contributed by atoms with Crippen molar-refractivity contribution in [2.45, 2.75) is 6.42 Å². The van der Waals surface area contributed by atoms with Crippen LogP contribution in [-0.2, 0) is 19.6 Å². The van der Waals surface area contributed by atoms with Gasteiger partial charge < -0.3 is 19.9 Å². The van der Waals surface area contributed by atoms with Crippen molar-refractivity contribution in [3.63, 3.8) is 0 Å². The lowest BCUT2D eigenvalue weighted by Gasteiger charge is -2.35. The van der Waals surface area contributed by atoms with Crippen molar-refractivity contribution in [1.29, 1.82) is 0 Å². The summed E-state index contributed by atoms with van der Waals surface area (Å²) in [4.78, 5) is 28.4. The zero-order chi connectivity index (χ0) is 25.0. The van der Waals surface area contributed by atoms with Crippen molar-refractivity contribution in [1.82, 2.24) is 9.62 Å². The molecule has 0 radical (unpaired) electrons. The van der Waals surface area contributed by atoms with Crippen LogP contribution >= 0.6 is 0 Å². The van der Waals surface area contributed by atoms with Gasteiger partial charge in [0.1, 0.15) is 11.6 Å². The van der Waals surface area contributed by atoms with E-state index in [1.54, 1.807) is 7.11 Å². The smallest absolute Gasteiger partial charge is 0.227 e. The minimum absolute atomic E-state index is 0.0267. The Kier molecular flexibility index (Phi) is 7.56. The second-order valence-corrected chi connectivity index (χ2v) is 10.7. The summed E-state index contributed by atoms with van der Waals surface area (Å²) >= 11 is 0. The van der Waals surface area contributed by atoms with Crippen LogP contribution in [0.2, 0.25) is 0 Å². The number of halogens is 1. The number of benzene rings is 2. The van der Waals surface area contributed by atoms with Gasteiger partial charge in [0.15, 0.2) is 0 Å². The van der Waals surface area contributed by atoms with Crippen molar-refractivity contribution in [3.05, 3.63) is 54.3 Å². The van der Waals surface area contributed by atoms with Crippen LogP contribution in [0.25, 0.3) is 0 Å². The van der Waals surface area contributed by atoms with Gasteiger partial charge in [-0.25, -0.2) is 12.8 Å². The predicted octanol–water partition coefficient (Wildman–Crippen LogP) is 1.46. The summed E-state index contributed by atoms with van der Waals surface area (Å²) in [5, 5.41) is 2.66. The van der Waals surface area contributed by atoms with Crippen molar-refractivity contribution in [3.8, 4) is 5.75 Å². The van der Waals surface area contributed by atoms with Crippen LogP contribution in [0.5, 0.6) is 5.75 Å². The summed E-state index contributed by atoms with van der Waals surface area (Å²) in [5.41, 5.74) is 1.54. The molecule has 1 unspecified atom stereocenters. The maximum absolute atomic E-state index is 13.1. The van der Waals surface area contributed by atoms with E-state index in [2.05, 4.69) is 10.2 Å².